The lowest BCUT2D eigenvalue weighted by molar-refractivity contribution is -0.141. The Kier molecular flexibility index (Phi) is 10.4. The summed E-state index contributed by atoms with van der Waals surface area (Å²) in [5.41, 5.74) is -0.490. The molecule has 0 spiro atoms. The predicted molar refractivity (Wildman–Crippen MR) is 145 cm³/mol. The zero-order chi connectivity index (χ0) is 28.1. The van der Waals surface area contributed by atoms with Crippen LogP contribution in [0.15, 0.2) is 42.5 Å². The van der Waals surface area contributed by atoms with Gasteiger partial charge in [0.05, 0.1) is 5.69 Å². The Morgan fingerprint density at radius 3 is 2.08 bits per heavy atom. The molecule has 2 rings (SSSR count). The predicted octanol–water partition coefficient (Wildman–Crippen LogP) is 4.47. The van der Waals surface area contributed by atoms with E-state index in [9.17, 15) is 22.4 Å². The Morgan fingerprint density at radius 2 is 1.59 bits per heavy atom. The van der Waals surface area contributed by atoms with Gasteiger partial charge in [-0.05, 0) is 51.5 Å². The highest BCUT2D eigenvalue weighted by Gasteiger charge is 2.36. The lowest BCUT2D eigenvalue weighted by Crippen LogP contribution is -2.55. The van der Waals surface area contributed by atoms with Crippen molar-refractivity contribution in [2.24, 2.45) is 0 Å². The van der Waals surface area contributed by atoms with E-state index < -0.39 is 46.0 Å². The molecular formula is C25H33Cl2FN4O4S. The second-order valence-corrected chi connectivity index (χ2v) is 12.5. The first-order valence-corrected chi connectivity index (χ1v) is 13.7. The highest BCUT2D eigenvalue weighted by Crippen LogP contribution is 2.28. The van der Waals surface area contributed by atoms with Crippen molar-refractivity contribution in [2.45, 2.75) is 52.2 Å². The van der Waals surface area contributed by atoms with Crippen LogP contribution in [0.1, 0.15) is 39.7 Å². The highest BCUT2D eigenvalue weighted by atomic mass is 35.5. The normalized spacial score (nSPS) is 12.8. The van der Waals surface area contributed by atoms with Gasteiger partial charge in [-0.3, -0.25) is 9.59 Å². The fourth-order valence-corrected chi connectivity index (χ4v) is 5.16. The topological polar surface area (TPSA) is 90.0 Å². The third kappa shape index (κ3) is 7.80. The monoisotopic (exact) mass is 574 g/mol. The number of carbonyl (C=O) groups is 2. The number of nitrogens with one attached hydrogen (secondary N) is 1. The molecule has 1 N–H and O–H groups in total. The number of hydrogen-bond donors (Lipinski definition) is 1. The second-order valence-electron chi connectivity index (χ2n) is 9.63. The van der Waals surface area contributed by atoms with Gasteiger partial charge in [0.15, 0.2) is 0 Å². The van der Waals surface area contributed by atoms with Crippen molar-refractivity contribution in [3.8, 4) is 0 Å². The Morgan fingerprint density at radius 1 is 1.03 bits per heavy atom. The van der Waals surface area contributed by atoms with Crippen LogP contribution in [-0.2, 0) is 26.3 Å². The number of anilines is 1. The van der Waals surface area contributed by atoms with Crippen molar-refractivity contribution >= 4 is 50.9 Å². The molecule has 2 aromatic rings. The van der Waals surface area contributed by atoms with Crippen molar-refractivity contribution in [1.82, 2.24) is 14.5 Å². The molecule has 0 radical (unpaired) electrons. The van der Waals surface area contributed by atoms with E-state index >= 15 is 0 Å². The average Bonchev–Trinajstić information content (AvgIpc) is 2.78. The summed E-state index contributed by atoms with van der Waals surface area (Å²) in [6, 6.07) is 9.11. The zero-order valence-electron chi connectivity index (χ0n) is 21.8. The van der Waals surface area contributed by atoms with E-state index in [2.05, 4.69) is 5.32 Å². The molecule has 0 aromatic heterocycles. The van der Waals surface area contributed by atoms with Gasteiger partial charge in [0.25, 0.3) is 0 Å². The van der Waals surface area contributed by atoms with Crippen LogP contribution in [0.25, 0.3) is 0 Å². The Balaban J connectivity index is 2.60. The Bertz CT molecular complexity index is 1220. The van der Waals surface area contributed by atoms with Crippen LogP contribution < -0.4 is 9.62 Å². The molecule has 1 atom stereocenters. The molecule has 37 heavy (non-hydrogen) atoms. The van der Waals surface area contributed by atoms with E-state index in [1.54, 1.807) is 45.9 Å². The molecule has 1 unspecified atom stereocenters. The zero-order valence-corrected chi connectivity index (χ0v) is 24.1. The van der Waals surface area contributed by atoms with Crippen LogP contribution in [0.5, 0.6) is 0 Å². The fourth-order valence-electron chi connectivity index (χ4n) is 3.58. The van der Waals surface area contributed by atoms with Crippen molar-refractivity contribution in [3.05, 3.63) is 63.9 Å². The van der Waals surface area contributed by atoms with Gasteiger partial charge in [-0.2, -0.15) is 12.7 Å². The number of carbonyl (C=O) groups excluding carboxylic acids is 2. The minimum absolute atomic E-state index is 0.166. The van der Waals surface area contributed by atoms with Gasteiger partial charge in [0, 0.05) is 41.8 Å². The molecule has 0 aliphatic heterocycles. The molecule has 0 fully saturated rings. The lowest BCUT2D eigenvalue weighted by Gasteiger charge is -2.35. The number of nitrogens with zero attached hydrogens (tertiary/aromatic N) is 3. The molecule has 12 heteroatoms. The first-order chi connectivity index (χ1) is 17.1. The average molecular weight is 576 g/mol. The maximum atomic E-state index is 14.7. The quantitative estimate of drug-likeness (QED) is 0.453. The number of rotatable bonds is 10. The summed E-state index contributed by atoms with van der Waals surface area (Å²) in [6.45, 7) is 6.21. The summed E-state index contributed by atoms with van der Waals surface area (Å²) >= 11 is 12.7. The first-order valence-electron chi connectivity index (χ1n) is 11.6. The smallest absolute Gasteiger partial charge is 0.304 e. The van der Waals surface area contributed by atoms with E-state index in [-0.39, 0.29) is 28.7 Å². The number of benzene rings is 2. The molecule has 2 aromatic carbocycles. The molecule has 204 valence electrons. The number of hydrogen-bond acceptors (Lipinski definition) is 4. The summed E-state index contributed by atoms with van der Waals surface area (Å²) in [5.74, 6) is -1.99. The molecule has 0 aliphatic rings. The van der Waals surface area contributed by atoms with Crippen molar-refractivity contribution in [3.63, 3.8) is 0 Å². The van der Waals surface area contributed by atoms with Crippen LogP contribution in [0.3, 0.4) is 0 Å². The lowest BCUT2D eigenvalue weighted by atomic mass is 10.1. The van der Waals surface area contributed by atoms with Crippen LogP contribution >= 0.6 is 23.2 Å². The number of para-hydroxylation sites is 1. The molecule has 0 saturated heterocycles. The first kappa shape index (κ1) is 30.8. The standard InChI is InChI=1S/C25H33Cl2FN4O4S/c1-7-21(24(34)29-25(2,3)4)31(15-17-18(26)11-10-12-19(17)27)23(33)16-32(37(35,36)30(5)6)22-14-9-8-13-20(22)28/h8-14,21H,7,15-16H2,1-6H3,(H,29,34). The number of halogens is 3. The minimum atomic E-state index is -4.29. The van der Waals surface area contributed by atoms with Gasteiger partial charge in [-0.15, -0.1) is 0 Å². The van der Waals surface area contributed by atoms with E-state index in [1.807, 2.05) is 0 Å². The SMILES string of the molecule is CCC(C(=O)NC(C)(C)C)N(Cc1c(Cl)cccc1Cl)C(=O)CN(c1ccccc1F)S(=O)(=O)N(C)C. The van der Waals surface area contributed by atoms with Gasteiger partial charge in [0.2, 0.25) is 11.8 Å². The minimum Gasteiger partial charge on any atom is -0.350 e. The maximum Gasteiger partial charge on any atom is 0.304 e. The largest absolute Gasteiger partial charge is 0.350 e. The van der Waals surface area contributed by atoms with Gasteiger partial charge in [-0.25, -0.2) is 8.70 Å². The third-order valence-corrected chi connectivity index (χ3v) is 7.93. The van der Waals surface area contributed by atoms with Gasteiger partial charge >= 0.3 is 10.2 Å². The molecule has 0 bridgehead atoms. The van der Waals surface area contributed by atoms with Crippen molar-refractivity contribution in [1.29, 1.82) is 0 Å². The molecule has 0 aliphatic carbocycles. The molecule has 0 heterocycles. The van der Waals surface area contributed by atoms with E-state index in [0.29, 0.717) is 9.87 Å². The van der Waals surface area contributed by atoms with Crippen LogP contribution in [0, 0.1) is 5.82 Å². The molecule has 2 amide bonds. The van der Waals surface area contributed by atoms with Gasteiger partial charge < -0.3 is 10.2 Å². The fraction of sp³-hybridized carbons (Fsp3) is 0.440. The van der Waals surface area contributed by atoms with Crippen molar-refractivity contribution < 1.29 is 22.4 Å². The van der Waals surface area contributed by atoms with Crippen LogP contribution in [0.4, 0.5) is 10.1 Å². The summed E-state index contributed by atoms with van der Waals surface area (Å²) in [7, 11) is -1.73. The summed E-state index contributed by atoms with van der Waals surface area (Å²) in [5, 5.41) is 3.43. The summed E-state index contributed by atoms with van der Waals surface area (Å²) in [6.07, 6.45) is 0.218. The van der Waals surface area contributed by atoms with E-state index in [1.165, 1.54) is 37.2 Å². The number of amides is 2. The molecular weight excluding hydrogens is 542 g/mol. The maximum absolute atomic E-state index is 14.7. The van der Waals surface area contributed by atoms with Gasteiger partial charge in [0.1, 0.15) is 18.4 Å². The third-order valence-electron chi connectivity index (χ3n) is 5.41. The van der Waals surface area contributed by atoms with Gasteiger partial charge in [-0.1, -0.05) is 48.3 Å². The second kappa shape index (κ2) is 12.4. The molecule has 0 saturated carbocycles. The van der Waals surface area contributed by atoms with Crippen LogP contribution in [-0.4, -0.2) is 61.7 Å². The highest BCUT2D eigenvalue weighted by molar-refractivity contribution is 7.90. The Hall–Kier alpha value is -2.40. The summed E-state index contributed by atoms with van der Waals surface area (Å²) in [4.78, 5) is 28.3. The van der Waals surface area contributed by atoms with Crippen LogP contribution in [0.2, 0.25) is 10.0 Å². The molecule has 8 nitrogen and oxygen atoms in total. The van der Waals surface area contributed by atoms with E-state index in [4.69, 9.17) is 23.2 Å². The van der Waals surface area contributed by atoms with Crippen molar-refractivity contribution in [2.75, 3.05) is 24.9 Å². The Labute approximate surface area is 228 Å². The van der Waals surface area contributed by atoms with E-state index in [0.717, 1.165) is 10.4 Å². The summed E-state index contributed by atoms with van der Waals surface area (Å²) < 4.78 is 42.6.